The number of hydrogen-bond acceptors (Lipinski definition) is 3. The van der Waals surface area contributed by atoms with Crippen LogP contribution < -0.4 is 5.32 Å². The minimum Gasteiger partial charge on any atom is -0.316 e. The van der Waals surface area contributed by atoms with Crippen LogP contribution in [0.5, 0.6) is 0 Å². The summed E-state index contributed by atoms with van der Waals surface area (Å²) in [6, 6.07) is 0. The molecular weight excluding hydrogens is 234 g/mol. The standard InChI is InChI=1S/C13H27N3.ClH/c1-3-6-15-7-9-16(10-8-15)12-13(2)4-5-14-11-13;/h14H,3-12H2,1-2H3;1H. The van der Waals surface area contributed by atoms with Gasteiger partial charge in [0, 0.05) is 39.3 Å². The molecule has 1 unspecified atom stereocenters. The molecule has 4 heteroatoms. The number of halogens is 1. The summed E-state index contributed by atoms with van der Waals surface area (Å²) < 4.78 is 0. The minimum absolute atomic E-state index is 0. The third-order valence-corrected chi connectivity index (χ3v) is 4.07. The van der Waals surface area contributed by atoms with Crippen molar-refractivity contribution in [2.75, 3.05) is 52.4 Å². The van der Waals surface area contributed by atoms with E-state index in [4.69, 9.17) is 0 Å². The van der Waals surface area contributed by atoms with Gasteiger partial charge in [-0.25, -0.2) is 0 Å². The van der Waals surface area contributed by atoms with Gasteiger partial charge < -0.3 is 15.1 Å². The second-order valence-electron chi connectivity index (χ2n) is 5.86. The van der Waals surface area contributed by atoms with Gasteiger partial charge in [-0.3, -0.25) is 0 Å². The van der Waals surface area contributed by atoms with E-state index in [0.29, 0.717) is 5.41 Å². The maximum atomic E-state index is 3.49. The number of hydrogen-bond donors (Lipinski definition) is 1. The number of nitrogens with zero attached hydrogens (tertiary/aromatic N) is 2. The molecule has 0 radical (unpaired) electrons. The first-order valence-electron chi connectivity index (χ1n) is 6.87. The van der Waals surface area contributed by atoms with E-state index in [0.717, 1.165) is 0 Å². The Morgan fingerprint density at radius 1 is 1.12 bits per heavy atom. The Balaban J connectivity index is 0.00000144. The average Bonchev–Trinajstić information content (AvgIpc) is 2.68. The topological polar surface area (TPSA) is 18.5 Å². The van der Waals surface area contributed by atoms with Crippen LogP contribution in [0, 0.1) is 5.41 Å². The number of piperazine rings is 1. The van der Waals surface area contributed by atoms with Crippen molar-refractivity contribution in [3.8, 4) is 0 Å². The van der Waals surface area contributed by atoms with Gasteiger partial charge in [0.2, 0.25) is 0 Å². The molecule has 0 bridgehead atoms. The summed E-state index contributed by atoms with van der Waals surface area (Å²) in [5.74, 6) is 0. The zero-order valence-corrected chi connectivity index (χ0v) is 12.2. The lowest BCUT2D eigenvalue weighted by atomic mass is 9.89. The van der Waals surface area contributed by atoms with Crippen LogP contribution in [0.1, 0.15) is 26.7 Å². The summed E-state index contributed by atoms with van der Waals surface area (Å²) >= 11 is 0. The van der Waals surface area contributed by atoms with E-state index >= 15 is 0 Å². The molecule has 0 aromatic carbocycles. The van der Waals surface area contributed by atoms with Crippen molar-refractivity contribution in [3.63, 3.8) is 0 Å². The summed E-state index contributed by atoms with van der Waals surface area (Å²) in [6.07, 6.45) is 2.64. The van der Waals surface area contributed by atoms with Crippen molar-refractivity contribution in [3.05, 3.63) is 0 Å². The van der Waals surface area contributed by atoms with Crippen LogP contribution in [0.4, 0.5) is 0 Å². The van der Waals surface area contributed by atoms with Crippen LogP contribution in [0.3, 0.4) is 0 Å². The SMILES string of the molecule is CCCN1CCN(CC2(C)CCNC2)CC1.Cl. The average molecular weight is 262 g/mol. The molecular formula is C13H28ClN3. The zero-order valence-electron chi connectivity index (χ0n) is 11.4. The molecule has 17 heavy (non-hydrogen) atoms. The molecule has 2 rings (SSSR count). The van der Waals surface area contributed by atoms with Gasteiger partial charge in [-0.1, -0.05) is 13.8 Å². The van der Waals surface area contributed by atoms with Crippen LogP contribution >= 0.6 is 12.4 Å². The smallest absolute Gasteiger partial charge is 0.0110 e. The van der Waals surface area contributed by atoms with E-state index in [-0.39, 0.29) is 12.4 Å². The minimum atomic E-state index is 0. The van der Waals surface area contributed by atoms with Crippen LogP contribution in [0.25, 0.3) is 0 Å². The molecule has 3 nitrogen and oxygen atoms in total. The van der Waals surface area contributed by atoms with Crippen LogP contribution in [-0.4, -0.2) is 62.2 Å². The van der Waals surface area contributed by atoms with Gasteiger partial charge in [-0.2, -0.15) is 0 Å². The van der Waals surface area contributed by atoms with Crippen molar-refractivity contribution in [2.24, 2.45) is 5.41 Å². The lowest BCUT2D eigenvalue weighted by Crippen LogP contribution is -2.49. The highest BCUT2D eigenvalue weighted by Crippen LogP contribution is 2.26. The molecule has 0 saturated carbocycles. The third-order valence-electron chi connectivity index (χ3n) is 4.07. The first kappa shape index (κ1) is 15.2. The highest BCUT2D eigenvalue weighted by molar-refractivity contribution is 5.85. The monoisotopic (exact) mass is 261 g/mol. The number of rotatable bonds is 4. The Labute approximate surface area is 112 Å². The largest absolute Gasteiger partial charge is 0.316 e. The summed E-state index contributed by atoms with van der Waals surface area (Å²) in [5.41, 5.74) is 0.535. The molecule has 2 aliphatic heterocycles. The summed E-state index contributed by atoms with van der Waals surface area (Å²) in [7, 11) is 0. The molecule has 0 aliphatic carbocycles. The molecule has 2 aliphatic rings. The molecule has 0 aromatic heterocycles. The summed E-state index contributed by atoms with van der Waals surface area (Å²) in [5, 5.41) is 3.49. The molecule has 0 aromatic rings. The highest BCUT2D eigenvalue weighted by Gasteiger charge is 2.31. The van der Waals surface area contributed by atoms with Crippen LogP contribution in [-0.2, 0) is 0 Å². The predicted molar refractivity (Wildman–Crippen MR) is 76.0 cm³/mol. The van der Waals surface area contributed by atoms with Crippen molar-refractivity contribution in [1.29, 1.82) is 0 Å². The maximum Gasteiger partial charge on any atom is 0.0110 e. The molecule has 102 valence electrons. The van der Waals surface area contributed by atoms with E-state index < -0.39 is 0 Å². The maximum absolute atomic E-state index is 3.49. The predicted octanol–water partition coefficient (Wildman–Crippen LogP) is 1.44. The third kappa shape index (κ3) is 4.40. The van der Waals surface area contributed by atoms with E-state index in [1.807, 2.05) is 0 Å². The molecule has 1 N–H and O–H groups in total. The molecule has 0 spiro atoms. The van der Waals surface area contributed by atoms with E-state index in [9.17, 15) is 0 Å². The van der Waals surface area contributed by atoms with E-state index in [1.165, 1.54) is 65.2 Å². The highest BCUT2D eigenvalue weighted by atomic mass is 35.5. The quantitative estimate of drug-likeness (QED) is 0.826. The Morgan fingerprint density at radius 2 is 1.76 bits per heavy atom. The Kier molecular flexibility index (Phi) is 6.21. The lowest BCUT2D eigenvalue weighted by molar-refractivity contribution is 0.0972. The molecule has 0 amide bonds. The Bertz CT molecular complexity index is 209. The van der Waals surface area contributed by atoms with E-state index in [2.05, 4.69) is 29.0 Å². The fourth-order valence-corrected chi connectivity index (χ4v) is 3.03. The first-order valence-corrected chi connectivity index (χ1v) is 6.87. The summed E-state index contributed by atoms with van der Waals surface area (Å²) in [4.78, 5) is 5.27. The second kappa shape index (κ2) is 6.93. The van der Waals surface area contributed by atoms with Gasteiger partial charge in [-0.15, -0.1) is 12.4 Å². The van der Waals surface area contributed by atoms with E-state index in [1.54, 1.807) is 0 Å². The van der Waals surface area contributed by atoms with Gasteiger partial charge in [0.05, 0.1) is 0 Å². The normalized spacial score (nSPS) is 31.4. The van der Waals surface area contributed by atoms with Crippen LogP contribution in [0.15, 0.2) is 0 Å². The molecule has 1 atom stereocenters. The molecule has 2 fully saturated rings. The lowest BCUT2D eigenvalue weighted by Gasteiger charge is -2.38. The Hall–Kier alpha value is 0.170. The van der Waals surface area contributed by atoms with Crippen LogP contribution in [0.2, 0.25) is 0 Å². The fraction of sp³-hybridized carbons (Fsp3) is 1.00. The summed E-state index contributed by atoms with van der Waals surface area (Å²) in [6.45, 7) is 14.8. The fourth-order valence-electron chi connectivity index (χ4n) is 3.03. The van der Waals surface area contributed by atoms with Crippen molar-refractivity contribution in [1.82, 2.24) is 15.1 Å². The second-order valence-corrected chi connectivity index (χ2v) is 5.86. The molecule has 2 saturated heterocycles. The van der Waals surface area contributed by atoms with Crippen molar-refractivity contribution in [2.45, 2.75) is 26.7 Å². The van der Waals surface area contributed by atoms with Gasteiger partial charge >= 0.3 is 0 Å². The molecule has 2 heterocycles. The van der Waals surface area contributed by atoms with Crippen molar-refractivity contribution >= 4 is 12.4 Å². The first-order chi connectivity index (χ1) is 7.72. The Morgan fingerprint density at radius 3 is 2.29 bits per heavy atom. The number of nitrogens with one attached hydrogen (secondary N) is 1. The van der Waals surface area contributed by atoms with Gasteiger partial charge in [0.25, 0.3) is 0 Å². The zero-order chi connectivity index (χ0) is 11.4. The van der Waals surface area contributed by atoms with Crippen molar-refractivity contribution < 1.29 is 0 Å². The van der Waals surface area contributed by atoms with Gasteiger partial charge in [-0.05, 0) is 31.3 Å². The van der Waals surface area contributed by atoms with Gasteiger partial charge in [0.15, 0.2) is 0 Å². The van der Waals surface area contributed by atoms with Gasteiger partial charge in [0.1, 0.15) is 0 Å².